The molecule has 0 aliphatic heterocycles. The van der Waals surface area contributed by atoms with Crippen molar-refractivity contribution in [3.8, 4) is 0 Å². The van der Waals surface area contributed by atoms with Crippen LogP contribution >= 0.6 is 0 Å². The molecule has 0 bridgehead atoms. The predicted octanol–water partition coefficient (Wildman–Crippen LogP) is 2.84. The minimum Gasteiger partial charge on any atom is -0.335 e. The van der Waals surface area contributed by atoms with Gasteiger partial charge in [-0.15, -0.1) is 0 Å². The van der Waals surface area contributed by atoms with Crippen LogP contribution in [0.1, 0.15) is 44.4 Å². The Morgan fingerprint density at radius 2 is 1.79 bits per heavy atom. The maximum Gasteiger partial charge on any atom is 0.289 e. The second kappa shape index (κ2) is 5.55. The van der Waals surface area contributed by atoms with Gasteiger partial charge in [-0.1, -0.05) is 39.0 Å². The number of nitrogens with zero attached hydrogens (tertiary/aromatic N) is 1. The second-order valence-corrected chi connectivity index (χ2v) is 6.11. The molecule has 1 rings (SSSR count). The Hall–Kier alpha value is -1.64. The zero-order chi connectivity index (χ0) is 14.8. The van der Waals surface area contributed by atoms with Crippen molar-refractivity contribution in [3.05, 3.63) is 34.9 Å². The zero-order valence-electron chi connectivity index (χ0n) is 12.7. The molecule has 0 aromatic heterocycles. The molecule has 3 nitrogen and oxygen atoms in total. The third-order valence-corrected chi connectivity index (χ3v) is 3.27. The topological polar surface area (TPSA) is 37.4 Å². The Morgan fingerprint density at radius 1 is 1.21 bits per heavy atom. The van der Waals surface area contributed by atoms with E-state index in [1.807, 2.05) is 6.92 Å². The van der Waals surface area contributed by atoms with Gasteiger partial charge in [0, 0.05) is 20.5 Å². The monoisotopic (exact) mass is 261 g/mol. The van der Waals surface area contributed by atoms with Crippen molar-refractivity contribution in [2.24, 2.45) is 0 Å². The molecular formula is C16H23NO2. The van der Waals surface area contributed by atoms with Crippen LogP contribution in [0.2, 0.25) is 0 Å². The van der Waals surface area contributed by atoms with Crippen molar-refractivity contribution < 1.29 is 9.59 Å². The molecule has 0 saturated carbocycles. The van der Waals surface area contributed by atoms with Crippen molar-refractivity contribution in [1.29, 1.82) is 0 Å². The van der Waals surface area contributed by atoms with E-state index in [1.165, 1.54) is 17.4 Å². The van der Waals surface area contributed by atoms with Gasteiger partial charge in [0.1, 0.15) is 0 Å². The molecule has 1 amide bonds. The molecule has 19 heavy (non-hydrogen) atoms. The Kier molecular flexibility index (Phi) is 4.51. The molecule has 1 aromatic carbocycles. The van der Waals surface area contributed by atoms with E-state index in [1.54, 1.807) is 7.05 Å². The minimum atomic E-state index is -0.444. The van der Waals surface area contributed by atoms with Gasteiger partial charge in [0.15, 0.2) is 0 Å². The largest absolute Gasteiger partial charge is 0.335 e. The summed E-state index contributed by atoms with van der Waals surface area (Å²) < 4.78 is 0. The molecule has 0 fully saturated rings. The van der Waals surface area contributed by atoms with Crippen molar-refractivity contribution >= 4 is 11.7 Å². The molecule has 0 atom stereocenters. The Morgan fingerprint density at radius 3 is 2.26 bits per heavy atom. The molecule has 1 aromatic rings. The molecule has 3 heteroatoms. The van der Waals surface area contributed by atoms with E-state index < -0.39 is 11.7 Å². The van der Waals surface area contributed by atoms with Crippen LogP contribution in [0, 0.1) is 6.92 Å². The number of carbonyl (C=O) groups is 2. The third kappa shape index (κ3) is 3.91. The van der Waals surface area contributed by atoms with Gasteiger partial charge in [-0.3, -0.25) is 9.59 Å². The molecule has 0 aliphatic rings. The highest BCUT2D eigenvalue weighted by molar-refractivity contribution is 6.34. The first-order valence-electron chi connectivity index (χ1n) is 6.49. The molecule has 0 radical (unpaired) electrons. The van der Waals surface area contributed by atoms with Crippen LogP contribution in [-0.4, -0.2) is 23.6 Å². The fourth-order valence-corrected chi connectivity index (χ4v) is 1.90. The lowest BCUT2D eigenvalue weighted by Crippen LogP contribution is -2.31. The predicted molar refractivity (Wildman–Crippen MR) is 77.0 cm³/mol. The molecule has 0 aliphatic carbocycles. The first-order valence-corrected chi connectivity index (χ1v) is 6.49. The highest BCUT2D eigenvalue weighted by Gasteiger charge is 2.18. The number of likely N-dealkylation sites (N-methyl/N-ethyl adjacent to an activating group) is 1. The van der Waals surface area contributed by atoms with Gasteiger partial charge >= 0.3 is 0 Å². The maximum absolute atomic E-state index is 11.6. The highest BCUT2D eigenvalue weighted by Crippen LogP contribution is 2.25. The quantitative estimate of drug-likeness (QED) is 0.785. The first kappa shape index (κ1) is 15.4. The zero-order valence-corrected chi connectivity index (χ0v) is 12.7. The van der Waals surface area contributed by atoms with Crippen molar-refractivity contribution in [2.75, 3.05) is 7.05 Å². The van der Waals surface area contributed by atoms with Crippen LogP contribution in [0.5, 0.6) is 0 Å². The summed E-state index contributed by atoms with van der Waals surface area (Å²) in [5, 5.41) is 0. The molecule has 104 valence electrons. The van der Waals surface area contributed by atoms with Crippen LogP contribution in [0.4, 0.5) is 0 Å². The number of amides is 1. The summed E-state index contributed by atoms with van der Waals surface area (Å²) in [7, 11) is 1.66. The standard InChI is InChI=1S/C16H23NO2/c1-11-7-8-14(16(3,4)5)9-13(11)10-17(6)15(19)12(2)18/h7-9H,10H2,1-6H3. The summed E-state index contributed by atoms with van der Waals surface area (Å²) in [5.74, 6) is -0.868. The lowest BCUT2D eigenvalue weighted by atomic mass is 9.85. The molecule has 0 N–H and O–H groups in total. The summed E-state index contributed by atoms with van der Waals surface area (Å²) in [5.41, 5.74) is 3.53. The van der Waals surface area contributed by atoms with Gasteiger partial charge in [0.25, 0.3) is 5.91 Å². The van der Waals surface area contributed by atoms with Gasteiger partial charge in [-0.25, -0.2) is 0 Å². The number of Topliss-reactive ketones (excluding diaryl/α,β-unsaturated/α-hetero) is 1. The molecule has 0 heterocycles. The lowest BCUT2D eigenvalue weighted by Gasteiger charge is -2.23. The number of ketones is 1. The SMILES string of the molecule is CC(=O)C(=O)N(C)Cc1cc(C(C)(C)C)ccc1C. The van der Waals surface area contributed by atoms with Gasteiger partial charge in [-0.2, -0.15) is 0 Å². The Balaban J connectivity index is 3.01. The van der Waals surface area contributed by atoms with Crippen molar-refractivity contribution in [2.45, 2.75) is 46.6 Å². The van der Waals surface area contributed by atoms with Crippen LogP contribution in [-0.2, 0) is 21.5 Å². The van der Waals surface area contributed by atoms with Crippen molar-refractivity contribution in [3.63, 3.8) is 0 Å². The molecule has 0 saturated heterocycles. The molecular weight excluding hydrogens is 238 g/mol. The van der Waals surface area contributed by atoms with Crippen LogP contribution in [0.25, 0.3) is 0 Å². The summed E-state index contributed by atoms with van der Waals surface area (Å²) >= 11 is 0. The third-order valence-electron chi connectivity index (χ3n) is 3.27. The number of benzene rings is 1. The molecule has 0 unspecified atom stereocenters. The number of rotatable bonds is 3. The van der Waals surface area contributed by atoms with Gasteiger partial charge in [-0.05, 0) is 29.0 Å². The number of hydrogen-bond donors (Lipinski definition) is 0. The fourth-order valence-electron chi connectivity index (χ4n) is 1.90. The van der Waals surface area contributed by atoms with E-state index in [4.69, 9.17) is 0 Å². The minimum absolute atomic E-state index is 0.0750. The summed E-state index contributed by atoms with van der Waals surface area (Å²) in [4.78, 5) is 24.2. The van der Waals surface area contributed by atoms with Crippen LogP contribution < -0.4 is 0 Å². The van der Waals surface area contributed by atoms with Crippen LogP contribution in [0.3, 0.4) is 0 Å². The summed E-state index contributed by atoms with van der Waals surface area (Å²) in [6.45, 7) is 10.3. The Bertz CT molecular complexity index is 498. The lowest BCUT2D eigenvalue weighted by molar-refractivity contribution is -0.143. The van der Waals surface area contributed by atoms with E-state index in [0.717, 1.165) is 11.1 Å². The average molecular weight is 261 g/mol. The molecule has 0 spiro atoms. The smallest absolute Gasteiger partial charge is 0.289 e. The van der Waals surface area contributed by atoms with Crippen molar-refractivity contribution in [1.82, 2.24) is 4.90 Å². The number of carbonyl (C=O) groups excluding carboxylic acids is 2. The number of aryl methyl sites for hydroxylation is 1. The normalized spacial score (nSPS) is 11.3. The van der Waals surface area contributed by atoms with Gasteiger partial charge in [0.05, 0.1) is 0 Å². The van der Waals surface area contributed by atoms with Crippen LogP contribution in [0.15, 0.2) is 18.2 Å². The first-order chi connectivity index (χ1) is 8.62. The average Bonchev–Trinajstić information content (AvgIpc) is 2.29. The second-order valence-electron chi connectivity index (χ2n) is 6.11. The maximum atomic E-state index is 11.6. The van der Waals surface area contributed by atoms with Gasteiger partial charge in [0.2, 0.25) is 5.78 Å². The fraction of sp³-hybridized carbons (Fsp3) is 0.500. The van der Waals surface area contributed by atoms with E-state index in [9.17, 15) is 9.59 Å². The number of hydrogen-bond acceptors (Lipinski definition) is 2. The van der Waals surface area contributed by atoms with E-state index in [-0.39, 0.29) is 5.41 Å². The van der Waals surface area contributed by atoms with E-state index in [0.29, 0.717) is 6.54 Å². The van der Waals surface area contributed by atoms with E-state index in [2.05, 4.69) is 39.0 Å². The van der Waals surface area contributed by atoms with Gasteiger partial charge < -0.3 is 4.90 Å². The highest BCUT2D eigenvalue weighted by atomic mass is 16.2. The van der Waals surface area contributed by atoms with E-state index >= 15 is 0 Å². The Labute approximate surface area is 115 Å². The summed E-state index contributed by atoms with van der Waals surface area (Å²) in [6.07, 6.45) is 0. The summed E-state index contributed by atoms with van der Waals surface area (Å²) in [6, 6.07) is 6.31.